The van der Waals surface area contributed by atoms with Gasteiger partial charge >= 0.3 is 0 Å². The first kappa shape index (κ1) is 18.1. The third-order valence-electron chi connectivity index (χ3n) is 5.94. The molecular formula is C26H24N2S. The van der Waals surface area contributed by atoms with E-state index in [1.807, 2.05) is 23.5 Å². The number of rotatable bonds is 3. The summed E-state index contributed by atoms with van der Waals surface area (Å²) in [4.78, 5) is 1.39. The maximum Gasteiger partial charge on any atom is 0.122 e. The number of benzene rings is 2. The second-order valence-corrected chi connectivity index (χ2v) is 9.11. The standard InChI is InChI=1S/C26H24N2S/c1-16-4-2-5-20(14-16)21-6-3-7-23-25(21)22-13-12-19(15-24(22)29-23)17-8-10-18(11-9-17)26(27)28/h2-3,5-11,14-16H,4,12-13H2,1H3,(H3,27,28). The highest BCUT2D eigenvalue weighted by Crippen LogP contribution is 2.43. The molecule has 2 aromatic carbocycles. The summed E-state index contributed by atoms with van der Waals surface area (Å²) in [6.45, 7) is 2.29. The van der Waals surface area contributed by atoms with Crippen molar-refractivity contribution in [2.75, 3.05) is 0 Å². The zero-order chi connectivity index (χ0) is 20.0. The van der Waals surface area contributed by atoms with Gasteiger partial charge in [0.2, 0.25) is 0 Å². The van der Waals surface area contributed by atoms with Crippen LogP contribution in [0.3, 0.4) is 0 Å². The van der Waals surface area contributed by atoms with E-state index in [4.69, 9.17) is 11.1 Å². The summed E-state index contributed by atoms with van der Waals surface area (Å²) in [5.74, 6) is 0.720. The van der Waals surface area contributed by atoms with E-state index in [2.05, 4.69) is 61.6 Å². The maximum absolute atomic E-state index is 7.58. The van der Waals surface area contributed by atoms with Crippen LogP contribution in [0.5, 0.6) is 0 Å². The SMILES string of the molecule is CC1C=C(c2cccc3sc4c(c23)CCC(c2ccc(C(=N)N)cc2)=C4)C=CC1. The number of fused-ring (bicyclic) bond motifs is 3. The van der Waals surface area contributed by atoms with Gasteiger partial charge < -0.3 is 5.73 Å². The summed E-state index contributed by atoms with van der Waals surface area (Å²) in [7, 11) is 0. The van der Waals surface area contributed by atoms with Gasteiger partial charge in [0, 0.05) is 20.5 Å². The van der Waals surface area contributed by atoms with E-state index in [0.29, 0.717) is 5.92 Å². The largest absolute Gasteiger partial charge is 0.384 e. The van der Waals surface area contributed by atoms with Crippen LogP contribution >= 0.6 is 11.3 Å². The fourth-order valence-electron chi connectivity index (χ4n) is 4.44. The van der Waals surface area contributed by atoms with E-state index in [1.165, 1.54) is 42.8 Å². The van der Waals surface area contributed by atoms with Crippen molar-refractivity contribution in [2.45, 2.75) is 26.2 Å². The van der Waals surface area contributed by atoms with Crippen molar-refractivity contribution in [3.05, 3.63) is 87.8 Å². The number of hydrogen-bond donors (Lipinski definition) is 2. The Morgan fingerprint density at radius 2 is 1.93 bits per heavy atom. The fraction of sp³-hybridized carbons (Fsp3) is 0.192. The number of aryl methyl sites for hydroxylation is 1. The third kappa shape index (κ3) is 3.26. The van der Waals surface area contributed by atoms with E-state index >= 15 is 0 Å². The Morgan fingerprint density at radius 1 is 1.10 bits per heavy atom. The molecule has 3 heteroatoms. The van der Waals surface area contributed by atoms with Crippen LogP contribution in [0.1, 0.15) is 46.9 Å². The molecule has 0 amide bonds. The van der Waals surface area contributed by atoms with E-state index in [1.54, 1.807) is 0 Å². The van der Waals surface area contributed by atoms with Gasteiger partial charge in [0.25, 0.3) is 0 Å². The van der Waals surface area contributed by atoms with Crippen LogP contribution in [-0.2, 0) is 6.42 Å². The molecule has 0 saturated heterocycles. The molecule has 144 valence electrons. The average Bonchev–Trinajstić information content (AvgIpc) is 3.11. The first-order valence-electron chi connectivity index (χ1n) is 10.2. The summed E-state index contributed by atoms with van der Waals surface area (Å²) < 4.78 is 1.38. The molecule has 2 nitrogen and oxygen atoms in total. The monoisotopic (exact) mass is 396 g/mol. The van der Waals surface area contributed by atoms with Crippen molar-refractivity contribution in [2.24, 2.45) is 11.7 Å². The lowest BCUT2D eigenvalue weighted by molar-refractivity contribution is 0.740. The summed E-state index contributed by atoms with van der Waals surface area (Å²) in [6, 6.07) is 14.8. The molecule has 0 fully saturated rings. The Labute approximate surface area is 175 Å². The molecule has 5 rings (SSSR count). The predicted molar refractivity (Wildman–Crippen MR) is 126 cm³/mol. The summed E-state index contributed by atoms with van der Waals surface area (Å²) in [5.41, 5.74) is 13.2. The average molecular weight is 397 g/mol. The highest BCUT2D eigenvalue weighted by atomic mass is 32.1. The van der Waals surface area contributed by atoms with Crippen LogP contribution in [0.15, 0.2) is 60.7 Å². The van der Waals surface area contributed by atoms with Crippen molar-refractivity contribution in [1.82, 2.24) is 0 Å². The van der Waals surface area contributed by atoms with Crippen LogP contribution in [-0.4, -0.2) is 5.84 Å². The van der Waals surface area contributed by atoms with Gasteiger partial charge in [-0.05, 0) is 65.2 Å². The van der Waals surface area contributed by atoms with Crippen molar-refractivity contribution >= 4 is 44.5 Å². The number of nitrogens with two attached hydrogens (primary N) is 1. The van der Waals surface area contributed by atoms with Gasteiger partial charge in [0.15, 0.2) is 0 Å². The van der Waals surface area contributed by atoms with Crippen molar-refractivity contribution in [3.63, 3.8) is 0 Å². The van der Waals surface area contributed by atoms with Gasteiger partial charge in [0.05, 0.1) is 0 Å². The number of thiophene rings is 1. The van der Waals surface area contributed by atoms with E-state index < -0.39 is 0 Å². The Bertz CT molecular complexity index is 1210. The van der Waals surface area contributed by atoms with Gasteiger partial charge in [-0.3, -0.25) is 5.41 Å². The highest BCUT2D eigenvalue weighted by Gasteiger charge is 2.20. The number of amidine groups is 1. The van der Waals surface area contributed by atoms with Crippen LogP contribution in [0, 0.1) is 11.3 Å². The van der Waals surface area contributed by atoms with Gasteiger partial charge in [-0.15, -0.1) is 11.3 Å². The minimum Gasteiger partial charge on any atom is -0.384 e. The molecule has 1 atom stereocenters. The molecule has 0 spiro atoms. The number of hydrogen-bond acceptors (Lipinski definition) is 2. The van der Waals surface area contributed by atoms with Crippen LogP contribution in [0.2, 0.25) is 0 Å². The molecule has 3 aromatic rings. The summed E-state index contributed by atoms with van der Waals surface area (Å²) >= 11 is 1.90. The molecule has 3 N–H and O–H groups in total. The zero-order valence-electron chi connectivity index (χ0n) is 16.5. The molecule has 1 heterocycles. The van der Waals surface area contributed by atoms with Gasteiger partial charge in [-0.25, -0.2) is 0 Å². The lowest BCUT2D eigenvalue weighted by Crippen LogP contribution is -2.10. The molecule has 1 aromatic heterocycles. The summed E-state index contributed by atoms with van der Waals surface area (Å²) in [6.07, 6.45) is 12.6. The lowest BCUT2D eigenvalue weighted by Gasteiger charge is -2.17. The van der Waals surface area contributed by atoms with Crippen molar-refractivity contribution in [1.29, 1.82) is 5.41 Å². The molecule has 2 aliphatic carbocycles. The van der Waals surface area contributed by atoms with Crippen LogP contribution in [0.4, 0.5) is 0 Å². The highest BCUT2D eigenvalue weighted by molar-refractivity contribution is 7.20. The minimum atomic E-state index is 0.119. The quantitative estimate of drug-likeness (QED) is 0.378. The van der Waals surface area contributed by atoms with Gasteiger partial charge in [0.1, 0.15) is 5.84 Å². The Kier molecular flexibility index (Phi) is 4.48. The molecule has 0 aliphatic heterocycles. The first-order chi connectivity index (χ1) is 14.1. The fourth-order valence-corrected chi connectivity index (χ4v) is 5.68. The van der Waals surface area contributed by atoms with Crippen molar-refractivity contribution in [3.8, 4) is 0 Å². The van der Waals surface area contributed by atoms with E-state index in [9.17, 15) is 0 Å². The molecule has 0 saturated carbocycles. The predicted octanol–water partition coefficient (Wildman–Crippen LogP) is 6.65. The van der Waals surface area contributed by atoms with E-state index in [0.717, 1.165) is 24.8 Å². The molecule has 0 radical (unpaired) electrons. The molecule has 1 unspecified atom stereocenters. The smallest absolute Gasteiger partial charge is 0.122 e. The number of nitrogen functional groups attached to an aromatic ring is 1. The number of nitrogens with one attached hydrogen (secondary N) is 1. The molecule has 0 bridgehead atoms. The molecule has 2 aliphatic rings. The maximum atomic E-state index is 7.58. The van der Waals surface area contributed by atoms with Crippen LogP contribution in [0.25, 0.3) is 27.3 Å². The normalized spacial score (nSPS) is 18.3. The summed E-state index contributed by atoms with van der Waals surface area (Å²) in [5, 5.41) is 9.03. The Hall–Kier alpha value is -2.91. The van der Waals surface area contributed by atoms with E-state index in [-0.39, 0.29) is 5.84 Å². The molecular weight excluding hydrogens is 372 g/mol. The Balaban J connectivity index is 1.59. The van der Waals surface area contributed by atoms with Gasteiger partial charge in [-0.1, -0.05) is 61.5 Å². The number of allylic oxidation sites excluding steroid dienone is 5. The zero-order valence-corrected chi connectivity index (χ0v) is 17.4. The second-order valence-electron chi connectivity index (χ2n) is 8.02. The van der Waals surface area contributed by atoms with Crippen molar-refractivity contribution < 1.29 is 0 Å². The van der Waals surface area contributed by atoms with Gasteiger partial charge in [-0.2, -0.15) is 0 Å². The van der Waals surface area contributed by atoms with Crippen LogP contribution < -0.4 is 5.73 Å². The lowest BCUT2D eigenvalue weighted by atomic mass is 9.87. The molecule has 29 heavy (non-hydrogen) atoms. The third-order valence-corrected chi connectivity index (χ3v) is 7.09. The Morgan fingerprint density at radius 3 is 2.69 bits per heavy atom. The second kappa shape index (κ2) is 7.16. The minimum absolute atomic E-state index is 0.119. The first-order valence-corrected chi connectivity index (χ1v) is 11.0. The topological polar surface area (TPSA) is 49.9 Å².